The molecule has 27 heavy (non-hydrogen) atoms. The van der Waals surface area contributed by atoms with E-state index in [4.69, 9.17) is 0 Å². The first-order chi connectivity index (χ1) is 12.7. The summed E-state index contributed by atoms with van der Waals surface area (Å²) in [5, 5.41) is 11.5. The third-order valence-corrected chi connectivity index (χ3v) is 4.05. The molecule has 0 fully saturated rings. The third kappa shape index (κ3) is 3.73. The van der Waals surface area contributed by atoms with Crippen molar-refractivity contribution in [1.29, 1.82) is 0 Å². The number of aromatic amines is 1. The molecule has 140 valence electrons. The number of H-pyrrole nitrogens is 1. The maximum atomic E-state index is 12.6. The van der Waals surface area contributed by atoms with Gasteiger partial charge in [-0.1, -0.05) is 12.1 Å². The number of nitrogens with one attached hydrogen (secondary N) is 1. The van der Waals surface area contributed by atoms with Crippen LogP contribution in [0.25, 0.3) is 10.9 Å². The number of alkyl halides is 3. The number of anilines is 1. The van der Waals surface area contributed by atoms with Crippen molar-refractivity contribution in [2.24, 2.45) is 0 Å². The Hall–Kier alpha value is -3.43. The molecule has 3 aromatic rings. The number of fused-ring (bicyclic) bond motifs is 1. The second kappa shape index (κ2) is 6.71. The Balaban J connectivity index is 1.97. The molecule has 0 spiro atoms. The maximum absolute atomic E-state index is 12.6. The van der Waals surface area contributed by atoms with Gasteiger partial charge in [0.25, 0.3) is 11.2 Å². The van der Waals surface area contributed by atoms with E-state index >= 15 is 0 Å². The molecule has 2 aromatic carbocycles. The summed E-state index contributed by atoms with van der Waals surface area (Å²) in [4.78, 5) is 30.5. The summed E-state index contributed by atoms with van der Waals surface area (Å²) in [6.07, 6.45) is -3.24. The third-order valence-electron chi connectivity index (χ3n) is 4.05. The summed E-state index contributed by atoms with van der Waals surface area (Å²) < 4.78 is 37.9. The highest BCUT2D eigenvalue weighted by Crippen LogP contribution is 2.32. The Labute approximate surface area is 150 Å². The van der Waals surface area contributed by atoms with E-state index in [-0.39, 0.29) is 28.8 Å². The van der Waals surface area contributed by atoms with Crippen LogP contribution in [0.3, 0.4) is 0 Å². The Bertz CT molecular complexity index is 1060. The second-order valence-corrected chi connectivity index (χ2v) is 5.90. The highest BCUT2D eigenvalue weighted by Gasteiger charge is 2.30. The first-order valence-electron chi connectivity index (χ1n) is 7.70. The Morgan fingerprint density at radius 2 is 1.89 bits per heavy atom. The molecule has 10 heteroatoms. The molecule has 0 saturated carbocycles. The predicted molar refractivity (Wildman–Crippen MR) is 92.6 cm³/mol. The van der Waals surface area contributed by atoms with Crippen molar-refractivity contribution in [3.63, 3.8) is 0 Å². The fourth-order valence-corrected chi connectivity index (χ4v) is 2.70. The van der Waals surface area contributed by atoms with Gasteiger partial charge in [-0.25, -0.2) is 4.98 Å². The molecule has 1 aromatic heterocycles. The lowest BCUT2D eigenvalue weighted by molar-refractivity contribution is -0.384. The van der Waals surface area contributed by atoms with Gasteiger partial charge in [-0.05, 0) is 23.8 Å². The highest BCUT2D eigenvalue weighted by atomic mass is 19.4. The van der Waals surface area contributed by atoms with Gasteiger partial charge in [-0.3, -0.25) is 14.9 Å². The molecule has 0 aliphatic heterocycles. The largest absolute Gasteiger partial charge is 0.416 e. The molecular formula is C17H13F3N4O3. The molecule has 1 heterocycles. The molecule has 0 saturated heterocycles. The fraction of sp³-hybridized carbons (Fsp3) is 0.176. The number of aromatic nitrogens is 2. The molecule has 0 unspecified atom stereocenters. The Morgan fingerprint density at radius 1 is 1.22 bits per heavy atom. The Morgan fingerprint density at radius 3 is 2.48 bits per heavy atom. The molecular weight excluding hydrogens is 365 g/mol. The average molecular weight is 378 g/mol. The SMILES string of the molecule is CN(Cc1ccc(C(F)(F)F)cc1)c1cc2nc[nH]c(=O)c2cc1[N+](=O)[O-]. The van der Waals surface area contributed by atoms with Crippen molar-refractivity contribution in [3.8, 4) is 0 Å². The van der Waals surface area contributed by atoms with Gasteiger partial charge in [0, 0.05) is 19.7 Å². The minimum Gasteiger partial charge on any atom is -0.365 e. The van der Waals surface area contributed by atoms with Gasteiger partial charge >= 0.3 is 6.18 Å². The number of nitro benzene ring substituents is 1. The van der Waals surface area contributed by atoms with E-state index in [9.17, 15) is 28.1 Å². The smallest absolute Gasteiger partial charge is 0.365 e. The molecule has 7 nitrogen and oxygen atoms in total. The zero-order chi connectivity index (χ0) is 19.8. The van der Waals surface area contributed by atoms with Crippen molar-refractivity contribution < 1.29 is 18.1 Å². The van der Waals surface area contributed by atoms with Crippen molar-refractivity contribution in [3.05, 3.63) is 74.3 Å². The van der Waals surface area contributed by atoms with Gasteiger partial charge in [0.15, 0.2) is 0 Å². The summed E-state index contributed by atoms with van der Waals surface area (Å²) in [6, 6.07) is 7.09. The molecule has 0 bridgehead atoms. The van der Waals surface area contributed by atoms with Crippen LogP contribution in [0.2, 0.25) is 0 Å². The number of nitro groups is 1. The lowest BCUT2D eigenvalue weighted by Crippen LogP contribution is -2.18. The summed E-state index contributed by atoms with van der Waals surface area (Å²) in [5.74, 6) is 0. The number of rotatable bonds is 4. The normalized spacial score (nSPS) is 11.6. The van der Waals surface area contributed by atoms with Crippen LogP contribution in [0.1, 0.15) is 11.1 Å². The second-order valence-electron chi connectivity index (χ2n) is 5.90. The van der Waals surface area contributed by atoms with Crippen molar-refractivity contribution in [1.82, 2.24) is 9.97 Å². The number of hydrogen-bond donors (Lipinski definition) is 1. The van der Waals surface area contributed by atoms with Crippen LogP contribution in [0, 0.1) is 10.1 Å². The van der Waals surface area contributed by atoms with E-state index in [1.165, 1.54) is 29.4 Å². The van der Waals surface area contributed by atoms with Crippen LogP contribution < -0.4 is 10.5 Å². The molecule has 0 aliphatic rings. The van der Waals surface area contributed by atoms with Gasteiger partial charge < -0.3 is 9.88 Å². The van der Waals surface area contributed by atoms with E-state index in [1.807, 2.05) is 0 Å². The minimum atomic E-state index is -4.43. The zero-order valence-electron chi connectivity index (χ0n) is 13.9. The molecule has 0 aliphatic carbocycles. The fourth-order valence-electron chi connectivity index (χ4n) is 2.70. The average Bonchev–Trinajstić information content (AvgIpc) is 2.60. The van der Waals surface area contributed by atoms with Gasteiger partial charge in [0.05, 0.1) is 27.7 Å². The first-order valence-corrected chi connectivity index (χ1v) is 7.70. The molecule has 0 atom stereocenters. The van der Waals surface area contributed by atoms with Crippen LogP contribution >= 0.6 is 0 Å². The number of halogens is 3. The van der Waals surface area contributed by atoms with Gasteiger partial charge in [0.2, 0.25) is 0 Å². The number of hydrogen-bond acceptors (Lipinski definition) is 5. The summed E-state index contributed by atoms with van der Waals surface area (Å²) >= 11 is 0. The Kier molecular flexibility index (Phi) is 4.56. The van der Waals surface area contributed by atoms with Crippen molar-refractivity contribution in [2.75, 3.05) is 11.9 Å². The minimum absolute atomic E-state index is 0.0795. The molecule has 0 radical (unpaired) electrons. The standard InChI is InChI=1S/C17H13F3N4O3/c1-23(8-10-2-4-11(5-3-10)17(18,19)20)14-7-13-12(6-15(14)24(26)27)16(25)22-9-21-13/h2-7,9H,8H2,1H3,(H,21,22,25). The quantitative estimate of drug-likeness (QED) is 0.554. The topological polar surface area (TPSA) is 92.1 Å². The van der Waals surface area contributed by atoms with Crippen LogP contribution in [-0.4, -0.2) is 21.9 Å². The lowest BCUT2D eigenvalue weighted by atomic mass is 10.1. The summed E-state index contributed by atoms with van der Waals surface area (Å²) in [5.41, 5.74) is -0.549. The van der Waals surface area contributed by atoms with E-state index < -0.39 is 22.2 Å². The van der Waals surface area contributed by atoms with E-state index in [0.717, 1.165) is 18.2 Å². The predicted octanol–water partition coefficient (Wildman–Crippen LogP) is 3.49. The van der Waals surface area contributed by atoms with Gasteiger partial charge in [-0.15, -0.1) is 0 Å². The van der Waals surface area contributed by atoms with Crippen LogP contribution in [0.4, 0.5) is 24.5 Å². The lowest BCUT2D eigenvalue weighted by Gasteiger charge is -2.20. The van der Waals surface area contributed by atoms with Gasteiger partial charge in [-0.2, -0.15) is 13.2 Å². The summed E-state index contributed by atoms with van der Waals surface area (Å²) in [7, 11) is 1.57. The summed E-state index contributed by atoms with van der Waals surface area (Å²) in [6.45, 7) is 0.133. The van der Waals surface area contributed by atoms with Crippen LogP contribution in [-0.2, 0) is 12.7 Å². The highest BCUT2D eigenvalue weighted by molar-refractivity contribution is 5.86. The van der Waals surface area contributed by atoms with Crippen LogP contribution in [0.15, 0.2) is 47.5 Å². The molecule has 1 N–H and O–H groups in total. The van der Waals surface area contributed by atoms with E-state index in [1.54, 1.807) is 7.05 Å². The molecule has 3 rings (SSSR count). The van der Waals surface area contributed by atoms with Crippen molar-refractivity contribution >= 4 is 22.3 Å². The monoisotopic (exact) mass is 378 g/mol. The maximum Gasteiger partial charge on any atom is 0.416 e. The molecule has 0 amide bonds. The van der Waals surface area contributed by atoms with E-state index in [0.29, 0.717) is 5.56 Å². The number of nitrogens with zero attached hydrogens (tertiary/aromatic N) is 3. The van der Waals surface area contributed by atoms with E-state index in [2.05, 4.69) is 9.97 Å². The van der Waals surface area contributed by atoms with Crippen molar-refractivity contribution in [2.45, 2.75) is 12.7 Å². The zero-order valence-corrected chi connectivity index (χ0v) is 13.9. The van der Waals surface area contributed by atoms with Crippen LogP contribution in [0.5, 0.6) is 0 Å². The first kappa shape index (κ1) is 18.4. The van der Waals surface area contributed by atoms with Gasteiger partial charge in [0.1, 0.15) is 5.69 Å². The number of benzene rings is 2.